The summed E-state index contributed by atoms with van der Waals surface area (Å²) in [6.45, 7) is 0.0252. The van der Waals surface area contributed by atoms with Crippen LogP contribution < -0.4 is 0 Å². The molecule has 3 N–H and O–H groups in total. The first-order valence-electron chi connectivity index (χ1n) is 8.08. The molecule has 1 unspecified atom stereocenters. The van der Waals surface area contributed by atoms with E-state index < -0.39 is 24.6 Å². The standard InChI is InChI=1S/C17H24O9/c18-5-6-23-7-8-24-9-10-25-16(21)14-3-1-2-4-15(14)17(22)26-12-13(20)11-19/h1-4,13,18-20H,5-12H2. The number of aliphatic hydroxyl groups excluding tert-OH is 3. The Hall–Kier alpha value is -2.04. The van der Waals surface area contributed by atoms with Gasteiger partial charge in [0.15, 0.2) is 0 Å². The van der Waals surface area contributed by atoms with Crippen LogP contribution in [0.25, 0.3) is 0 Å². The lowest BCUT2D eigenvalue weighted by Gasteiger charge is -2.11. The van der Waals surface area contributed by atoms with Crippen molar-refractivity contribution >= 4 is 11.9 Å². The second kappa shape index (κ2) is 13.2. The second-order valence-corrected chi connectivity index (χ2v) is 5.06. The first-order chi connectivity index (χ1) is 12.6. The smallest absolute Gasteiger partial charge is 0.339 e. The van der Waals surface area contributed by atoms with Gasteiger partial charge in [-0.2, -0.15) is 0 Å². The molecule has 0 spiro atoms. The maximum absolute atomic E-state index is 12.1. The summed E-state index contributed by atoms with van der Waals surface area (Å²) in [7, 11) is 0. The van der Waals surface area contributed by atoms with Gasteiger partial charge in [0.2, 0.25) is 0 Å². The minimum atomic E-state index is -1.18. The van der Waals surface area contributed by atoms with E-state index in [0.717, 1.165) is 0 Å². The van der Waals surface area contributed by atoms with Gasteiger partial charge >= 0.3 is 11.9 Å². The average Bonchev–Trinajstić information content (AvgIpc) is 2.67. The van der Waals surface area contributed by atoms with E-state index in [1.807, 2.05) is 0 Å². The second-order valence-electron chi connectivity index (χ2n) is 5.06. The molecule has 1 rings (SSSR count). The number of ether oxygens (including phenoxy) is 4. The molecule has 0 aliphatic carbocycles. The molecule has 0 fully saturated rings. The van der Waals surface area contributed by atoms with Gasteiger partial charge in [0.25, 0.3) is 0 Å². The van der Waals surface area contributed by atoms with Crippen LogP contribution in [0, 0.1) is 0 Å². The lowest BCUT2D eigenvalue weighted by atomic mass is 10.1. The Kier molecular flexibility index (Phi) is 11.2. The highest BCUT2D eigenvalue weighted by atomic mass is 16.6. The molecule has 1 aromatic carbocycles. The molecule has 0 bridgehead atoms. The monoisotopic (exact) mass is 372 g/mol. The summed E-state index contributed by atoms with van der Waals surface area (Å²) in [5.41, 5.74) is 0.0308. The largest absolute Gasteiger partial charge is 0.460 e. The van der Waals surface area contributed by atoms with E-state index in [2.05, 4.69) is 0 Å². The Labute approximate surface area is 151 Å². The Morgan fingerprint density at radius 2 is 1.38 bits per heavy atom. The molecule has 0 aliphatic rings. The minimum Gasteiger partial charge on any atom is -0.460 e. The van der Waals surface area contributed by atoms with Crippen LogP contribution in [0.3, 0.4) is 0 Å². The van der Waals surface area contributed by atoms with Crippen LogP contribution in [-0.2, 0) is 18.9 Å². The molecule has 0 saturated heterocycles. The van der Waals surface area contributed by atoms with Crippen molar-refractivity contribution in [1.29, 1.82) is 0 Å². The SMILES string of the molecule is O=C(OCCOCCOCCO)c1ccccc1C(=O)OCC(O)CO. The van der Waals surface area contributed by atoms with Crippen molar-refractivity contribution in [3.8, 4) is 0 Å². The van der Waals surface area contributed by atoms with Crippen molar-refractivity contribution in [3.63, 3.8) is 0 Å². The van der Waals surface area contributed by atoms with Crippen LogP contribution in [0.5, 0.6) is 0 Å². The molecular weight excluding hydrogens is 348 g/mol. The number of carbonyl (C=O) groups is 2. The van der Waals surface area contributed by atoms with Crippen LogP contribution in [0.15, 0.2) is 24.3 Å². The van der Waals surface area contributed by atoms with Gasteiger partial charge in [0.05, 0.1) is 50.8 Å². The number of aliphatic hydroxyl groups is 3. The summed E-state index contributed by atoms with van der Waals surface area (Å²) in [6, 6.07) is 5.96. The van der Waals surface area contributed by atoms with Gasteiger partial charge in [-0.25, -0.2) is 9.59 Å². The van der Waals surface area contributed by atoms with Crippen molar-refractivity contribution in [2.75, 3.05) is 52.9 Å². The Bertz CT molecular complexity index is 547. The lowest BCUT2D eigenvalue weighted by molar-refractivity contribution is 0.00699. The molecule has 1 atom stereocenters. The zero-order valence-corrected chi connectivity index (χ0v) is 14.3. The van der Waals surface area contributed by atoms with Crippen molar-refractivity contribution in [3.05, 3.63) is 35.4 Å². The third-order valence-electron chi connectivity index (χ3n) is 3.05. The van der Waals surface area contributed by atoms with Gasteiger partial charge in [-0.3, -0.25) is 0 Å². The van der Waals surface area contributed by atoms with Gasteiger partial charge in [-0.1, -0.05) is 12.1 Å². The van der Waals surface area contributed by atoms with E-state index >= 15 is 0 Å². The Balaban J connectivity index is 2.43. The predicted octanol–water partition coefficient (Wildman–Crippen LogP) is -0.621. The summed E-state index contributed by atoms with van der Waals surface area (Å²) in [6.07, 6.45) is -1.18. The maximum atomic E-state index is 12.1. The molecule has 0 amide bonds. The Morgan fingerprint density at radius 3 is 1.96 bits per heavy atom. The molecule has 0 radical (unpaired) electrons. The van der Waals surface area contributed by atoms with E-state index in [1.165, 1.54) is 12.1 Å². The number of esters is 2. The van der Waals surface area contributed by atoms with E-state index in [0.29, 0.717) is 13.2 Å². The van der Waals surface area contributed by atoms with Crippen LogP contribution in [-0.4, -0.2) is 86.2 Å². The number of rotatable bonds is 13. The van der Waals surface area contributed by atoms with E-state index in [1.54, 1.807) is 12.1 Å². The van der Waals surface area contributed by atoms with Gasteiger partial charge in [0, 0.05) is 0 Å². The quantitative estimate of drug-likeness (QED) is 0.306. The molecule has 0 saturated carbocycles. The molecule has 26 heavy (non-hydrogen) atoms. The van der Waals surface area contributed by atoms with Crippen molar-refractivity contribution in [2.45, 2.75) is 6.10 Å². The zero-order chi connectivity index (χ0) is 19.2. The van der Waals surface area contributed by atoms with E-state index in [-0.39, 0.29) is 44.2 Å². The third-order valence-corrected chi connectivity index (χ3v) is 3.05. The molecule has 0 heterocycles. The molecule has 0 aliphatic heterocycles. The number of hydrogen-bond acceptors (Lipinski definition) is 9. The minimum absolute atomic E-state index is 0.000890. The number of hydrogen-bond donors (Lipinski definition) is 3. The molecule has 146 valence electrons. The maximum Gasteiger partial charge on any atom is 0.339 e. The van der Waals surface area contributed by atoms with E-state index in [9.17, 15) is 14.7 Å². The van der Waals surface area contributed by atoms with Crippen LogP contribution >= 0.6 is 0 Å². The normalized spacial score (nSPS) is 11.8. The highest BCUT2D eigenvalue weighted by Gasteiger charge is 2.19. The molecule has 9 nitrogen and oxygen atoms in total. The average molecular weight is 372 g/mol. The summed E-state index contributed by atoms with van der Waals surface area (Å²) < 4.78 is 20.1. The summed E-state index contributed by atoms with van der Waals surface area (Å²) in [4.78, 5) is 24.1. The summed E-state index contributed by atoms with van der Waals surface area (Å²) in [5, 5.41) is 26.5. The van der Waals surface area contributed by atoms with Gasteiger partial charge in [-0.15, -0.1) is 0 Å². The van der Waals surface area contributed by atoms with Crippen molar-refractivity contribution in [1.82, 2.24) is 0 Å². The predicted molar refractivity (Wildman–Crippen MR) is 88.8 cm³/mol. The fraction of sp³-hybridized carbons (Fsp3) is 0.529. The van der Waals surface area contributed by atoms with Gasteiger partial charge in [-0.05, 0) is 12.1 Å². The Morgan fingerprint density at radius 1 is 0.846 bits per heavy atom. The van der Waals surface area contributed by atoms with Crippen LogP contribution in [0.2, 0.25) is 0 Å². The first kappa shape index (κ1) is 22.0. The summed E-state index contributed by atoms with van der Waals surface area (Å²) in [5.74, 6) is -1.51. The van der Waals surface area contributed by atoms with Gasteiger partial charge in [0.1, 0.15) is 19.3 Å². The summed E-state index contributed by atoms with van der Waals surface area (Å²) >= 11 is 0. The number of benzene rings is 1. The first-order valence-corrected chi connectivity index (χ1v) is 8.08. The number of carbonyl (C=O) groups excluding carboxylic acids is 2. The highest BCUT2D eigenvalue weighted by Crippen LogP contribution is 2.12. The molecule has 0 aromatic heterocycles. The molecule has 9 heteroatoms. The van der Waals surface area contributed by atoms with Crippen LogP contribution in [0.1, 0.15) is 20.7 Å². The lowest BCUT2D eigenvalue weighted by Crippen LogP contribution is -2.23. The van der Waals surface area contributed by atoms with Crippen LogP contribution in [0.4, 0.5) is 0 Å². The highest BCUT2D eigenvalue weighted by molar-refractivity contribution is 6.03. The fourth-order valence-electron chi connectivity index (χ4n) is 1.80. The molecule has 1 aromatic rings. The van der Waals surface area contributed by atoms with Crippen molar-refractivity contribution < 1.29 is 43.9 Å². The fourth-order valence-corrected chi connectivity index (χ4v) is 1.80. The van der Waals surface area contributed by atoms with E-state index in [4.69, 9.17) is 29.2 Å². The third kappa shape index (κ3) is 8.37. The zero-order valence-electron chi connectivity index (χ0n) is 14.3. The van der Waals surface area contributed by atoms with Gasteiger partial charge < -0.3 is 34.3 Å². The molecular formula is C17H24O9. The van der Waals surface area contributed by atoms with Crippen molar-refractivity contribution in [2.24, 2.45) is 0 Å². The topological polar surface area (TPSA) is 132 Å².